The highest BCUT2D eigenvalue weighted by Crippen LogP contribution is 2.61. The first-order valence-corrected chi connectivity index (χ1v) is 27.1. The van der Waals surface area contributed by atoms with E-state index in [2.05, 4.69) is 302 Å². The summed E-state index contributed by atoms with van der Waals surface area (Å²) >= 11 is 1.86. The van der Waals surface area contributed by atoms with Gasteiger partial charge >= 0.3 is 0 Å². The van der Waals surface area contributed by atoms with Crippen molar-refractivity contribution in [2.24, 2.45) is 0 Å². The fraction of sp³-hybridized carbons (Fsp3) is 0.0270. The second-order valence-corrected chi connectivity index (χ2v) is 21.3. The zero-order chi connectivity index (χ0) is 50.2. The lowest BCUT2D eigenvalue weighted by molar-refractivity contribution is 0.768. The third-order valence-electron chi connectivity index (χ3n) is 16.4. The number of fused-ring (bicyclic) bond motifs is 9. The van der Waals surface area contributed by atoms with Crippen LogP contribution in [0.25, 0.3) is 64.7 Å². The summed E-state index contributed by atoms with van der Waals surface area (Å²) < 4.78 is 2.64. The highest BCUT2D eigenvalue weighted by atomic mass is 32.1. The summed E-state index contributed by atoms with van der Waals surface area (Å²) in [5.41, 5.74) is 22.1. The Labute approximate surface area is 447 Å². The molecular formula is C74H49NS. The molecule has 0 spiro atoms. The number of hydrogen-bond donors (Lipinski definition) is 0. The van der Waals surface area contributed by atoms with Crippen LogP contribution in [0.5, 0.6) is 0 Å². The number of anilines is 3. The van der Waals surface area contributed by atoms with E-state index in [4.69, 9.17) is 0 Å². The second kappa shape index (κ2) is 17.7. The van der Waals surface area contributed by atoms with Gasteiger partial charge in [-0.3, -0.25) is 0 Å². The number of nitrogens with zero attached hydrogens (tertiary/aromatic N) is 1. The van der Waals surface area contributed by atoms with Crippen LogP contribution in [0, 0.1) is 0 Å². The molecule has 0 saturated heterocycles. The Hall–Kier alpha value is -9.34. The lowest BCUT2D eigenvalue weighted by atomic mass is 9.67. The quantitative estimate of drug-likeness (QED) is 0.139. The van der Waals surface area contributed by atoms with E-state index in [1.807, 2.05) is 11.3 Å². The predicted octanol–water partition coefficient (Wildman–Crippen LogP) is 19.6. The largest absolute Gasteiger partial charge is 0.310 e. The maximum atomic E-state index is 2.53. The van der Waals surface area contributed by atoms with Gasteiger partial charge in [0.2, 0.25) is 0 Å². The first-order chi connectivity index (χ1) is 37.7. The van der Waals surface area contributed by atoms with Crippen LogP contribution < -0.4 is 4.90 Å². The smallest absolute Gasteiger partial charge is 0.0714 e. The first-order valence-electron chi connectivity index (χ1n) is 26.3. The number of benzene rings is 12. The van der Waals surface area contributed by atoms with Crippen LogP contribution in [-0.2, 0) is 10.8 Å². The van der Waals surface area contributed by atoms with Crippen molar-refractivity contribution >= 4 is 48.6 Å². The molecule has 1 heterocycles. The third kappa shape index (κ3) is 6.57. The Morgan fingerprint density at radius 1 is 0.263 bits per heavy atom. The summed E-state index contributed by atoms with van der Waals surface area (Å²) in [6, 6.07) is 111. The van der Waals surface area contributed by atoms with Crippen LogP contribution in [0.1, 0.15) is 44.5 Å². The molecule has 0 aliphatic heterocycles. The van der Waals surface area contributed by atoms with Crippen LogP contribution in [0.15, 0.2) is 297 Å². The van der Waals surface area contributed by atoms with E-state index in [0.29, 0.717) is 0 Å². The molecule has 1 aromatic heterocycles. The van der Waals surface area contributed by atoms with Gasteiger partial charge in [-0.15, -0.1) is 11.3 Å². The first kappa shape index (κ1) is 44.2. The molecule has 356 valence electrons. The van der Waals surface area contributed by atoms with Crippen molar-refractivity contribution in [2.45, 2.75) is 10.8 Å². The van der Waals surface area contributed by atoms with Gasteiger partial charge in [-0.1, -0.05) is 243 Å². The standard InChI is InChI=1S/C74H49NS/c1-5-23-54(24-6-1)73(55-25-7-2-8-26-55)66-35-17-14-33-63(66)72-67(73)36-20-37-69(72)75(58-42-39-50(40-43-58)51-21-19-22-52(47-51)53-41-46-71-64(48-53)62-32-15-18-38-70(62)76-71)59-44-45-61-60-31-13-16-34-65(60)74(68(61)49-59,56-27-9-3-10-28-56)57-29-11-4-12-30-57/h1-49H. The van der Waals surface area contributed by atoms with E-state index >= 15 is 0 Å². The van der Waals surface area contributed by atoms with E-state index < -0.39 is 10.8 Å². The molecule has 0 amide bonds. The zero-order valence-corrected chi connectivity index (χ0v) is 42.5. The molecule has 15 rings (SSSR count). The Balaban J connectivity index is 0.950. The number of hydrogen-bond acceptors (Lipinski definition) is 2. The van der Waals surface area contributed by atoms with Gasteiger partial charge < -0.3 is 4.90 Å². The Morgan fingerprint density at radius 2 is 0.724 bits per heavy atom. The normalized spacial score (nSPS) is 13.5. The summed E-state index contributed by atoms with van der Waals surface area (Å²) in [5.74, 6) is 0. The summed E-state index contributed by atoms with van der Waals surface area (Å²) in [6.07, 6.45) is 0. The highest BCUT2D eigenvalue weighted by Gasteiger charge is 2.49. The van der Waals surface area contributed by atoms with E-state index in [9.17, 15) is 0 Å². The lowest BCUT2D eigenvalue weighted by Crippen LogP contribution is -2.29. The molecule has 0 fully saturated rings. The van der Waals surface area contributed by atoms with Crippen LogP contribution >= 0.6 is 11.3 Å². The molecule has 2 aliphatic rings. The fourth-order valence-corrected chi connectivity index (χ4v) is 14.3. The Morgan fingerprint density at radius 3 is 1.38 bits per heavy atom. The molecule has 0 bridgehead atoms. The summed E-state index contributed by atoms with van der Waals surface area (Å²) in [4.78, 5) is 2.53. The molecule has 0 radical (unpaired) electrons. The molecule has 0 saturated carbocycles. The van der Waals surface area contributed by atoms with E-state index in [1.54, 1.807) is 0 Å². The van der Waals surface area contributed by atoms with Crippen molar-refractivity contribution in [2.75, 3.05) is 4.90 Å². The minimum absolute atomic E-state index is 0.554. The number of rotatable bonds is 9. The van der Waals surface area contributed by atoms with Gasteiger partial charge in [0.25, 0.3) is 0 Å². The van der Waals surface area contributed by atoms with Gasteiger partial charge in [0.1, 0.15) is 0 Å². The van der Waals surface area contributed by atoms with Gasteiger partial charge in [0, 0.05) is 37.1 Å². The van der Waals surface area contributed by atoms with Gasteiger partial charge in [-0.05, 0) is 138 Å². The summed E-state index contributed by atoms with van der Waals surface area (Å²) in [5, 5.41) is 2.63. The Bertz CT molecular complexity index is 4250. The summed E-state index contributed by atoms with van der Waals surface area (Å²) in [6.45, 7) is 0. The average molecular weight is 984 g/mol. The van der Waals surface area contributed by atoms with Crippen LogP contribution in [0.4, 0.5) is 17.1 Å². The lowest BCUT2D eigenvalue weighted by Gasteiger charge is -2.35. The van der Waals surface area contributed by atoms with Gasteiger partial charge in [0.15, 0.2) is 0 Å². The molecule has 12 aromatic carbocycles. The molecule has 0 unspecified atom stereocenters. The van der Waals surface area contributed by atoms with Gasteiger partial charge in [0.05, 0.1) is 16.5 Å². The van der Waals surface area contributed by atoms with Crippen molar-refractivity contribution in [1.29, 1.82) is 0 Å². The molecular weight excluding hydrogens is 935 g/mol. The Kier molecular flexibility index (Phi) is 10.3. The van der Waals surface area contributed by atoms with E-state index in [0.717, 1.165) is 17.1 Å². The van der Waals surface area contributed by atoms with Crippen LogP contribution in [0.3, 0.4) is 0 Å². The minimum Gasteiger partial charge on any atom is -0.310 e. The van der Waals surface area contributed by atoms with E-state index in [1.165, 1.54) is 109 Å². The van der Waals surface area contributed by atoms with Crippen LogP contribution in [-0.4, -0.2) is 0 Å². The fourth-order valence-electron chi connectivity index (χ4n) is 13.2. The number of thiophene rings is 1. The monoisotopic (exact) mass is 983 g/mol. The molecule has 2 aliphatic carbocycles. The zero-order valence-electron chi connectivity index (χ0n) is 41.6. The minimum atomic E-state index is -0.562. The maximum Gasteiger partial charge on any atom is 0.0714 e. The summed E-state index contributed by atoms with van der Waals surface area (Å²) in [7, 11) is 0. The van der Waals surface area contributed by atoms with Crippen molar-refractivity contribution in [3.05, 3.63) is 342 Å². The second-order valence-electron chi connectivity index (χ2n) is 20.3. The van der Waals surface area contributed by atoms with Crippen molar-refractivity contribution in [3.63, 3.8) is 0 Å². The van der Waals surface area contributed by atoms with Crippen LogP contribution in [0.2, 0.25) is 0 Å². The third-order valence-corrected chi connectivity index (χ3v) is 17.6. The molecule has 0 atom stereocenters. The molecule has 13 aromatic rings. The van der Waals surface area contributed by atoms with Crippen molar-refractivity contribution < 1.29 is 0 Å². The van der Waals surface area contributed by atoms with E-state index in [-0.39, 0.29) is 0 Å². The van der Waals surface area contributed by atoms with Crippen molar-refractivity contribution in [3.8, 4) is 44.5 Å². The predicted molar refractivity (Wildman–Crippen MR) is 319 cm³/mol. The molecule has 1 nitrogen and oxygen atoms in total. The maximum absolute atomic E-state index is 2.53. The van der Waals surface area contributed by atoms with Gasteiger partial charge in [-0.25, -0.2) is 0 Å². The topological polar surface area (TPSA) is 3.24 Å². The van der Waals surface area contributed by atoms with Crippen molar-refractivity contribution in [1.82, 2.24) is 0 Å². The average Bonchev–Trinajstić information content (AvgIpc) is 4.19. The SMILES string of the molecule is c1ccc(C2(c3ccccc3)c3ccccc3-c3ccc(N(c4ccc(-c5cccc(-c6ccc7sc8ccccc8c7c6)c5)cc4)c4cccc5c4-c4ccccc4C5(c4ccccc4)c4ccccc4)cc32)cc1. The molecule has 2 heteroatoms. The highest BCUT2D eigenvalue weighted by molar-refractivity contribution is 7.25. The molecule has 0 N–H and O–H groups in total. The van der Waals surface area contributed by atoms with Gasteiger partial charge in [-0.2, -0.15) is 0 Å². The molecule has 76 heavy (non-hydrogen) atoms.